The number of amides is 1. The Labute approximate surface area is 162 Å². The van der Waals surface area contributed by atoms with Crippen LogP contribution in [0.5, 0.6) is 0 Å². The van der Waals surface area contributed by atoms with Crippen LogP contribution in [0, 0.1) is 5.92 Å². The first-order chi connectivity index (χ1) is 11.1. The maximum absolute atomic E-state index is 12.4. The van der Waals surface area contributed by atoms with Gasteiger partial charge in [0.2, 0.25) is 5.91 Å². The lowest BCUT2D eigenvalue weighted by Crippen LogP contribution is -2.53. The fourth-order valence-electron chi connectivity index (χ4n) is 3.29. The van der Waals surface area contributed by atoms with E-state index >= 15 is 0 Å². The number of piperidine rings is 1. The predicted molar refractivity (Wildman–Crippen MR) is 107 cm³/mol. The van der Waals surface area contributed by atoms with Crippen LogP contribution in [0.2, 0.25) is 0 Å². The number of hydrogen-bond donors (Lipinski definition) is 2. The molecule has 1 amide bonds. The van der Waals surface area contributed by atoms with Gasteiger partial charge >= 0.3 is 0 Å². The molecule has 2 aliphatic heterocycles. The minimum atomic E-state index is -0.289. The zero-order valence-electron chi connectivity index (χ0n) is 14.9. The summed E-state index contributed by atoms with van der Waals surface area (Å²) in [7, 11) is 0. The number of anilines is 2. The van der Waals surface area contributed by atoms with Crippen molar-refractivity contribution in [3.63, 3.8) is 0 Å². The second-order valence-corrected chi connectivity index (χ2v) is 6.72. The van der Waals surface area contributed by atoms with E-state index in [2.05, 4.69) is 34.6 Å². The van der Waals surface area contributed by atoms with Crippen LogP contribution in [0.4, 0.5) is 11.4 Å². The SMILES string of the molecule is CC1CCN(c2cccc(NC(=O)[C@H]3NCCO[C@@H]3C)c2)CC1.Cl.Cl. The minimum Gasteiger partial charge on any atom is -0.375 e. The average Bonchev–Trinajstić information content (AvgIpc) is 2.56. The van der Waals surface area contributed by atoms with Crippen LogP contribution in [0.15, 0.2) is 24.3 Å². The maximum atomic E-state index is 12.4. The van der Waals surface area contributed by atoms with Crippen LogP contribution in [0.25, 0.3) is 0 Å². The van der Waals surface area contributed by atoms with Crippen molar-refractivity contribution in [3.05, 3.63) is 24.3 Å². The van der Waals surface area contributed by atoms with Crippen LogP contribution in [0.1, 0.15) is 26.7 Å². The van der Waals surface area contributed by atoms with E-state index in [0.717, 1.165) is 24.7 Å². The third-order valence-corrected chi connectivity index (χ3v) is 4.86. The molecule has 0 saturated carbocycles. The first-order valence-electron chi connectivity index (χ1n) is 8.64. The molecule has 0 radical (unpaired) electrons. The summed E-state index contributed by atoms with van der Waals surface area (Å²) in [6.45, 7) is 7.81. The maximum Gasteiger partial charge on any atom is 0.244 e. The van der Waals surface area contributed by atoms with E-state index in [1.165, 1.54) is 18.5 Å². The number of benzene rings is 1. The highest BCUT2D eigenvalue weighted by Gasteiger charge is 2.28. The number of hydrogen-bond acceptors (Lipinski definition) is 4. The standard InChI is InChI=1S/C18H27N3O2.2ClH/c1-13-6-9-21(10-7-13)16-5-3-4-15(12-16)20-18(22)17-14(2)23-11-8-19-17;;/h3-5,12-14,17,19H,6-11H2,1-2H3,(H,20,22);2*1H/t14-,17+;;/m1../s1. The van der Waals surface area contributed by atoms with E-state index in [9.17, 15) is 4.79 Å². The van der Waals surface area contributed by atoms with E-state index in [1.807, 2.05) is 19.1 Å². The molecule has 142 valence electrons. The van der Waals surface area contributed by atoms with Crippen molar-refractivity contribution in [2.45, 2.75) is 38.8 Å². The molecule has 25 heavy (non-hydrogen) atoms. The van der Waals surface area contributed by atoms with Crippen molar-refractivity contribution in [3.8, 4) is 0 Å². The molecule has 1 aromatic carbocycles. The molecule has 2 heterocycles. The van der Waals surface area contributed by atoms with Gasteiger partial charge in [-0.3, -0.25) is 4.79 Å². The van der Waals surface area contributed by atoms with Gasteiger partial charge < -0.3 is 20.3 Å². The monoisotopic (exact) mass is 389 g/mol. The summed E-state index contributed by atoms with van der Waals surface area (Å²) in [5, 5.41) is 6.25. The van der Waals surface area contributed by atoms with Crippen LogP contribution in [-0.2, 0) is 9.53 Å². The highest BCUT2D eigenvalue weighted by Crippen LogP contribution is 2.25. The lowest BCUT2D eigenvalue weighted by Gasteiger charge is -2.32. The highest BCUT2D eigenvalue weighted by molar-refractivity contribution is 5.95. The number of carbonyl (C=O) groups is 1. The Morgan fingerprint density at radius 1 is 1.24 bits per heavy atom. The molecular formula is C18H29Cl2N3O2. The number of ether oxygens (including phenoxy) is 1. The molecule has 2 N–H and O–H groups in total. The van der Waals surface area contributed by atoms with Gasteiger partial charge in [0.15, 0.2) is 0 Å². The summed E-state index contributed by atoms with van der Waals surface area (Å²) in [6, 6.07) is 7.86. The van der Waals surface area contributed by atoms with Gasteiger partial charge in [0.1, 0.15) is 6.04 Å². The molecule has 0 spiro atoms. The first-order valence-corrected chi connectivity index (χ1v) is 8.64. The Morgan fingerprint density at radius 3 is 2.64 bits per heavy atom. The van der Waals surface area contributed by atoms with E-state index in [0.29, 0.717) is 13.2 Å². The van der Waals surface area contributed by atoms with Crippen LogP contribution in [0.3, 0.4) is 0 Å². The van der Waals surface area contributed by atoms with Gasteiger partial charge in [0, 0.05) is 31.0 Å². The van der Waals surface area contributed by atoms with Crippen molar-refractivity contribution in [1.82, 2.24) is 5.32 Å². The molecule has 0 unspecified atom stereocenters. The normalized spacial score (nSPS) is 24.0. The Hall–Kier alpha value is -1.01. The fourth-order valence-corrected chi connectivity index (χ4v) is 3.29. The molecule has 2 saturated heterocycles. The first kappa shape index (κ1) is 22.0. The summed E-state index contributed by atoms with van der Waals surface area (Å²) < 4.78 is 5.55. The fraction of sp³-hybridized carbons (Fsp3) is 0.611. The van der Waals surface area contributed by atoms with E-state index in [-0.39, 0.29) is 42.9 Å². The Morgan fingerprint density at radius 2 is 1.96 bits per heavy atom. The summed E-state index contributed by atoms with van der Waals surface area (Å²) in [5.74, 6) is 0.787. The summed E-state index contributed by atoms with van der Waals surface area (Å²) >= 11 is 0. The number of morpholine rings is 1. The molecule has 3 rings (SSSR count). The topological polar surface area (TPSA) is 53.6 Å². The molecule has 2 atom stereocenters. The smallest absolute Gasteiger partial charge is 0.244 e. The molecule has 7 heteroatoms. The lowest BCUT2D eigenvalue weighted by atomic mass is 9.99. The molecular weight excluding hydrogens is 361 g/mol. The van der Waals surface area contributed by atoms with E-state index < -0.39 is 0 Å². The summed E-state index contributed by atoms with van der Waals surface area (Å²) in [5.41, 5.74) is 2.04. The molecule has 2 fully saturated rings. The molecule has 0 aliphatic carbocycles. The molecule has 5 nitrogen and oxygen atoms in total. The zero-order chi connectivity index (χ0) is 16.2. The number of nitrogens with zero attached hydrogens (tertiary/aromatic N) is 1. The van der Waals surface area contributed by atoms with Gasteiger partial charge in [-0.15, -0.1) is 24.8 Å². The zero-order valence-corrected chi connectivity index (χ0v) is 16.5. The van der Waals surface area contributed by atoms with Crippen molar-refractivity contribution in [2.75, 3.05) is 36.5 Å². The Bertz CT molecular complexity index is 551. The van der Waals surface area contributed by atoms with Gasteiger partial charge in [-0.2, -0.15) is 0 Å². The largest absolute Gasteiger partial charge is 0.375 e. The predicted octanol–water partition coefficient (Wildman–Crippen LogP) is 3.08. The summed E-state index contributed by atoms with van der Waals surface area (Å²) in [6.07, 6.45) is 2.37. The van der Waals surface area contributed by atoms with Crippen molar-refractivity contribution >= 4 is 42.1 Å². The van der Waals surface area contributed by atoms with Crippen molar-refractivity contribution in [2.24, 2.45) is 5.92 Å². The second kappa shape index (κ2) is 10.2. The van der Waals surface area contributed by atoms with Crippen molar-refractivity contribution < 1.29 is 9.53 Å². The van der Waals surface area contributed by atoms with Gasteiger partial charge in [-0.05, 0) is 43.9 Å². The molecule has 0 aromatic heterocycles. The van der Waals surface area contributed by atoms with Gasteiger partial charge in [-0.25, -0.2) is 0 Å². The molecule has 0 bridgehead atoms. The third kappa shape index (κ3) is 5.74. The average molecular weight is 390 g/mol. The molecule has 2 aliphatic rings. The highest BCUT2D eigenvalue weighted by atomic mass is 35.5. The van der Waals surface area contributed by atoms with Crippen LogP contribution in [-0.4, -0.2) is 44.3 Å². The lowest BCUT2D eigenvalue weighted by molar-refractivity contribution is -0.123. The number of carbonyl (C=O) groups excluding carboxylic acids is 1. The van der Waals surface area contributed by atoms with Crippen LogP contribution >= 0.6 is 24.8 Å². The van der Waals surface area contributed by atoms with Gasteiger partial charge in [0.25, 0.3) is 0 Å². The quantitative estimate of drug-likeness (QED) is 0.833. The van der Waals surface area contributed by atoms with Crippen LogP contribution < -0.4 is 15.5 Å². The number of nitrogens with one attached hydrogen (secondary N) is 2. The number of halogens is 2. The Balaban J connectivity index is 0.00000156. The van der Waals surface area contributed by atoms with Crippen molar-refractivity contribution in [1.29, 1.82) is 0 Å². The third-order valence-electron chi connectivity index (χ3n) is 4.86. The Kier molecular flexibility index (Phi) is 9.00. The summed E-state index contributed by atoms with van der Waals surface area (Å²) in [4.78, 5) is 14.8. The van der Waals surface area contributed by atoms with Gasteiger partial charge in [-0.1, -0.05) is 13.0 Å². The van der Waals surface area contributed by atoms with E-state index in [1.54, 1.807) is 0 Å². The van der Waals surface area contributed by atoms with Gasteiger partial charge in [0.05, 0.1) is 12.7 Å². The minimum absolute atomic E-state index is 0. The number of rotatable bonds is 3. The van der Waals surface area contributed by atoms with E-state index in [4.69, 9.17) is 4.74 Å². The second-order valence-electron chi connectivity index (χ2n) is 6.72. The molecule has 1 aromatic rings.